The van der Waals surface area contributed by atoms with Gasteiger partial charge in [-0.15, -0.1) is 11.8 Å². The molecule has 1 rings (SSSR count). The molecule has 3 nitrogen and oxygen atoms in total. The molecule has 0 saturated carbocycles. The Labute approximate surface area is 174 Å². The highest BCUT2D eigenvalue weighted by atomic mass is 32.2. The number of ether oxygens (including phenoxy) is 1. The Bertz CT molecular complexity index is 338. The summed E-state index contributed by atoms with van der Waals surface area (Å²) in [5.74, 6) is 1.12. The molecular weight excluding hydrogens is 354 g/mol. The standard InChI is InChI=1S/C23H48NO2S/c1-4-5-6-7-8-9-10-11-12-13-14-15-16-17-23-26-22(21-27-23)20-24(2,3)18-19-25/h22-23,25H,4-21H2,1-3H3/q+1. The third kappa shape index (κ3) is 13.9. The Morgan fingerprint density at radius 1 is 0.852 bits per heavy atom. The first-order valence-corrected chi connectivity index (χ1v) is 12.8. The Kier molecular flexibility index (Phi) is 15.0. The van der Waals surface area contributed by atoms with Crippen LogP contribution in [0.1, 0.15) is 96.8 Å². The molecule has 0 radical (unpaired) electrons. The molecule has 1 aliphatic rings. The lowest BCUT2D eigenvalue weighted by Crippen LogP contribution is -2.47. The van der Waals surface area contributed by atoms with E-state index in [0.717, 1.165) is 23.3 Å². The number of nitrogens with zero attached hydrogens (tertiary/aromatic N) is 1. The second-order valence-corrected chi connectivity index (χ2v) is 10.3. The first-order valence-electron chi connectivity index (χ1n) is 11.8. The highest BCUT2D eigenvalue weighted by Crippen LogP contribution is 2.30. The summed E-state index contributed by atoms with van der Waals surface area (Å²) >= 11 is 2.00. The maximum absolute atomic E-state index is 9.15. The van der Waals surface area contributed by atoms with Gasteiger partial charge in [-0.3, -0.25) is 0 Å². The van der Waals surface area contributed by atoms with Gasteiger partial charge in [-0.1, -0.05) is 84.0 Å². The topological polar surface area (TPSA) is 29.5 Å². The maximum Gasteiger partial charge on any atom is 0.117 e. The fourth-order valence-corrected chi connectivity index (χ4v) is 5.18. The van der Waals surface area contributed by atoms with Crippen LogP contribution >= 0.6 is 11.8 Å². The molecule has 1 fully saturated rings. The van der Waals surface area contributed by atoms with Crippen LogP contribution in [0.25, 0.3) is 0 Å². The van der Waals surface area contributed by atoms with Crippen LogP contribution in [0.3, 0.4) is 0 Å². The summed E-state index contributed by atoms with van der Waals surface area (Å²) in [6, 6.07) is 0. The van der Waals surface area contributed by atoms with Gasteiger partial charge in [0.2, 0.25) is 0 Å². The van der Waals surface area contributed by atoms with E-state index in [-0.39, 0.29) is 6.61 Å². The van der Waals surface area contributed by atoms with Crippen molar-refractivity contribution in [2.45, 2.75) is 108 Å². The zero-order valence-electron chi connectivity index (χ0n) is 18.6. The monoisotopic (exact) mass is 402 g/mol. The number of thioether (sulfide) groups is 1. The van der Waals surface area contributed by atoms with Crippen molar-refractivity contribution < 1.29 is 14.3 Å². The minimum Gasteiger partial charge on any atom is -0.391 e. The first kappa shape index (κ1) is 25.3. The van der Waals surface area contributed by atoms with Gasteiger partial charge in [0.25, 0.3) is 0 Å². The zero-order chi connectivity index (χ0) is 19.8. The van der Waals surface area contributed by atoms with Gasteiger partial charge in [-0.2, -0.15) is 0 Å². The molecule has 2 unspecified atom stereocenters. The highest BCUT2D eigenvalue weighted by Gasteiger charge is 2.30. The lowest BCUT2D eigenvalue weighted by Gasteiger charge is -2.31. The van der Waals surface area contributed by atoms with E-state index in [0.29, 0.717) is 11.5 Å². The molecule has 1 N–H and O–H groups in total. The number of unbranched alkanes of at least 4 members (excludes halogenated alkanes) is 12. The van der Waals surface area contributed by atoms with Gasteiger partial charge in [0, 0.05) is 5.75 Å². The second-order valence-electron chi connectivity index (χ2n) is 9.12. The summed E-state index contributed by atoms with van der Waals surface area (Å²) < 4.78 is 7.07. The Hall–Kier alpha value is 0.230. The fraction of sp³-hybridized carbons (Fsp3) is 1.00. The smallest absolute Gasteiger partial charge is 0.117 e. The van der Waals surface area contributed by atoms with E-state index >= 15 is 0 Å². The predicted octanol–water partition coefficient (Wildman–Crippen LogP) is 5.99. The molecule has 4 heteroatoms. The Morgan fingerprint density at radius 2 is 1.37 bits per heavy atom. The Balaban J connectivity index is 1.86. The van der Waals surface area contributed by atoms with Crippen LogP contribution < -0.4 is 0 Å². The summed E-state index contributed by atoms with van der Waals surface area (Å²) in [5.41, 5.74) is 0.414. The van der Waals surface area contributed by atoms with E-state index in [1.54, 1.807) is 0 Å². The Morgan fingerprint density at radius 3 is 1.89 bits per heavy atom. The summed E-state index contributed by atoms with van der Waals surface area (Å²) in [4.78, 5) is 0. The van der Waals surface area contributed by atoms with Gasteiger partial charge >= 0.3 is 0 Å². The molecule has 1 aliphatic heterocycles. The fourth-order valence-electron chi connectivity index (χ4n) is 4.00. The van der Waals surface area contributed by atoms with Crippen LogP contribution in [0.2, 0.25) is 0 Å². The molecule has 1 saturated heterocycles. The first-order chi connectivity index (χ1) is 13.1. The van der Waals surface area contributed by atoms with E-state index in [4.69, 9.17) is 9.84 Å². The second kappa shape index (κ2) is 16.1. The molecule has 2 atom stereocenters. The number of rotatable bonds is 18. The highest BCUT2D eigenvalue weighted by molar-refractivity contribution is 8.00. The predicted molar refractivity (Wildman–Crippen MR) is 120 cm³/mol. The molecule has 0 aromatic rings. The van der Waals surface area contributed by atoms with E-state index in [2.05, 4.69) is 21.0 Å². The average molecular weight is 403 g/mol. The van der Waals surface area contributed by atoms with Crippen molar-refractivity contribution in [3.8, 4) is 0 Å². The largest absolute Gasteiger partial charge is 0.391 e. The third-order valence-corrected chi connectivity index (χ3v) is 7.04. The summed E-state index contributed by atoms with van der Waals surface area (Å²) in [6.07, 6.45) is 20.0. The van der Waals surface area contributed by atoms with Crippen molar-refractivity contribution in [3.63, 3.8) is 0 Å². The molecule has 0 amide bonds. The number of likely N-dealkylation sites (N-methyl/N-ethyl adjacent to an activating group) is 1. The number of hydrogen-bond acceptors (Lipinski definition) is 3. The molecule has 0 aliphatic carbocycles. The molecule has 1 heterocycles. The van der Waals surface area contributed by atoms with Gasteiger partial charge in [0.1, 0.15) is 24.6 Å². The van der Waals surface area contributed by atoms with Gasteiger partial charge in [0.05, 0.1) is 20.7 Å². The van der Waals surface area contributed by atoms with Crippen LogP contribution in [-0.4, -0.2) is 60.7 Å². The van der Waals surface area contributed by atoms with Gasteiger partial charge in [-0.25, -0.2) is 0 Å². The van der Waals surface area contributed by atoms with Gasteiger partial charge < -0.3 is 14.3 Å². The van der Waals surface area contributed by atoms with E-state index < -0.39 is 0 Å². The van der Waals surface area contributed by atoms with Gasteiger partial charge in [-0.05, 0) is 12.8 Å². The SMILES string of the molecule is CCCCCCCCCCCCCCCC1OC(C[N+](C)(C)CCO)CS1. The maximum atomic E-state index is 9.15. The number of quaternary nitrogens is 1. The van der Waals surface area contributed by atoms with Crippen LogP contribution in [0, 0.1) is 0 Å². The van der Waals surface area contributed by atoms with Crippen molar-refractivity contribution in [1.29, 1.82) is 0 Å². The van der Waals surface area contributed by atoms with Crippen LogP contribution in [0.15, 0.2) is 0 Å². The van der Waals surface area contributed by atoms with Crippen LogP contribution in [0.5, 0.6) is 0 Å². The van der Waals surface area contributed by atoms with Crippen molar-refractivity contribution in [2.24, 2.45) is 0 Å². The molecule has 0 bridgehead atoms. The summed E-state index contributed by atoms with van der Waals surface area (Å²) in [6.45, 7) is 4.38. The van der Waals surface area contributed by atoms with Crippen molar-refractivity contribution >= 4 is 11.8 Å². The van der Waals surface area contributed by atoms with Crippen LogP contribution in [-0.2, 0) is 4.74 Å². The number of hydrogen-bond donors (Lipinski definition) is 1. The molecular formula is C23H48NO2S+. The lowest BCUT2D eigenvalue weighted by molar-refractivity contribution is -0.893. The van der Waals surface area contributed by atoms with E-state index in [9.17, 15) is 0 Å². The van der Waals surface area contributed by atoms with Crippen molar-refractivity contribution in [2.75, 3.05) is 39.5 Å². The van der Waals surface area contributed by atoms with Crippen LogP contribution in [0.4, 0.5) is 0 Å². The summed E-state index contributed by atoms with van der Waals surface area (Å²) in [7, 11) is 4.37. The molecule has 27 heavy (non-hydrogen) atoms. The van der Waals surface area contributed by atoms with Gasteiger partial charge in [0.15, 0.2) is 0 Å². The van der Waals surface area contributed by atoms with Crippen molar-refractivity contribution in [1.82, 2.24) is 0 Å². The molecule has 162 valence electrons. The van der Waals surface area contributed by atoms with Crippen molar-refractivity contribution in [3.05, 3.63) is 0 Å². The number of aliphatic hydroxyl groups is 1. The lowest BCUT2D eigenvalue weighted by atomic mass is 10.0. The minimum atomic E-state index is 0.259. The normalized spacial score (nSPS) is 20.4. The minimum absolute atomic E-state index is 0.259. The zero-order valence-corrected chi connectivity index (χ0v) is 19.4. The average Bonchev–Trinajstić information content (AvgIpc) is 3.05. The summed E-state index contributed by atoms with van der Waals surface area (Å²) in [5, 5.41) is 9.15. The molecule has 0 aromatic heterocycles. The molecule has 0 aromatic carbocycles. The number of aliphatic hydroxyl groups excluding tert-OH is 1. The van der Waals surface area contributed by atoms with E-state index in [1.165, 1.54) is 89.9 Å². The third-order valence-electron chi connectivity index (χ3n) is 5.76. The van der Waals surface area contributed by atoms with E-state index in [1.807, 2.05) is 11.8 Å². The quantitative estimate of drug-likeness (QED) is 0.225. The molecule has 0 spiro atoms.